The Labute approximate surface area is 121 Å². The van der Waals surface area contributed by atoms with Crippen LogP contribution in [-0.4, -0.2) is 33.8 Å². The lowest BCUT2D eigenvalue weighted by Crippen LogP contribution is -2.87. The fourth-order valence-electron chi connectivity index (χ4n) is 2.47. The number of sulfone groups is 1. The molecule has 1 saturated heterocycles. The zero-order valence-electron chi connectivity index (χ0n) is 11.6. The summed E-state index contributed by atoms with van der Waals surface area (Å²) in [6, 6.07) is 3.42. The molecule has 8 heteroatoms. The number of halogens is 3. The molecule has 0 bridgehead atoms. The Kier molecular flexibility index (Phi) is 4.48. The molecule has 0 atom stereocenters. The Bertz CT molecular complexity index is 608. The largest absolute Gasteiger partial charge is 0.417 e. The Morgan fingerprint density at radius 2 is 1.86 bits per heavy atom. The highest BCUT2D eigenvalue weighted by atomic mass is 32.2. The van der Waals surface area contributed by atoms with E-state index in [9.17, 15) is 21.6 Å². The predicted molar refractivity (Wildman–Crippen MR) is 72.9 cm³/mol. The average Bonchev–Trinajstić information content (AvgIpc) is 2.37. The topological polar surface area (TPSA) is 62.8 Å². The van der Waals surface area contributed by atoms with Gasteiger partial charge in [0.25, 0.3) is 0 Å². The number of alkyl halides is 3. The minimum Gasteiger partial charge on any atom is -0.382 e. The Morgan fingerprint density at radius 1 is 1.24 bits per heavy atom. The molecule has 1 heterocycles. The van der Waals surface area contributed by atoms with E-state index in [0.29, 0.717) is 5.69 Å². The van der Waals surface area contributed by atoms with Gasteiger partial charge in [-0.25, -0.2) is 8.42 Å². The molecule has 21 heavy (non-hydrogen) atoms. The highest BCUT2D eigenvalue weighted by Crippen LogP contribution is 2.36. The first-order valence-electron chi connectivity index (χ1n) is 6.67. The minimum absolute atomic E-state index is 0.125. The van der Waals surface area contributed by atoms with Gasteiger partial charge >= 0.3 is 6.18 Å². The predicted octanol–water partition coefficient (Wildman–Crippen LogP) is 1.25. The van der Waals surface area contributed by atoms with Crippen LogP contribution in [0.15, 0.2) is 23.1 Å². The number of hydrogen-bond acceptors (Lipinski definition) is 3. The van der Waals surface area contributed by atoms with Gasteiger partial charge < -0.3 is 10.6 Å². The first-order valence-corrected chi connectivity index (χ1v) is 8.56. The van der Waals surface area contributed by atoms with Crippen molar-refractivity contribution < 1.29 is 26.9 Å². The molecule has 0 aliphatic carbocycles. The van der Waals surface area contributed by atoms with Crippen molar-refractivity contribution in [2.24, 2.45) is 0 Å². The van der Waals surface area contributed by atoms with E-state index < -0.39 is 26.5 Å². The second-order valence-electron chi connectivity index (χ2n) is 5.27. The normalized spacial score (nSPS) is 17.7. The van der Waals surface area contributed by atoms with Crippen LogP contribution >= 0.6 is 0 Å². The Balaban J connectivity index is 2.33. The summed E-state index contributed by atoms with van der Waals surface area (Å²) in [6.07, 6.45) is -2.18. The van der Waals surface area contributed by atoms with Crippen molar-refractivity contribution in [2.45, 2.75) is 30.0 Å². The third-order valence-electron chi connectivity index (χ3n) is 3.49. The second-order valence-corrected chi connectivity index (χ2v) is 7.25. The maximum atomic E-state index is 13.0. The van der Waals surface area contributed by atoms with Crippen molar-refractivity contribution >= 4 is 15.5 Å². The Hall–Kier alpha value is -1.28. The average molecular weight is 323 g/mol. The number of rotatable bonds is 3. The molecule has 1 aliphatic rings. The molecule has 0 spiro atoms. The molecule has 0 aromatic heterocycles. The number of quaternary nitrogens is 1. The molecule has 4 nitrogen and oxygen atoms in total. The summed E-state index contributed by atoms with van der Waals surface area (Å²) in [7, 11) is -3.92. The van der Waals surface area contributed by atoms with Crippen molar-refractivity contribution in [1.82, 2.24) is 0 Å². The monoisotopic (exact) mass is 323 g/mol. The molecule has 1 aromatic rings. The van der Waals surface area contributed by atoms with Gasteiger partial charge in [0.05, 0.1) is 23.5 Å². The quantitative estimate of drug-likeness (QED) is 0.880. The van der Waals surface area contributed by atoms with Gasteiger partial charge in [-0.2, -0.15) is 13.2 Å². The van der Waals surface area contributed by atoms with Gasteiger partial charge in [0.2, 0.25) is 0 Å². The molecular weight excluding hydrogens is 305 g/mol. The van der Waals surface area contributed by atoms with Crippen LogP contribution in [-0.2, 0) is 16.0 Å². The SMILES string of the molecule is CS(=O)(=O)c1ccc(NC2CC[NH2+]CC2)cc1C(F)(F)F. The molecule has 0 radical (unpaired) electrons. The van der Waals surface area contributed by atoms with Crippen molar-refractivity contribution in [3.63, 3.8) is 0 Å². The lowest BCUT2D eigenvalue weighted by molar-refractivity contribution is -0.662. The molecule has 3 N–H and O–H groups in total. The summed E-state index contributed by atoms with van der Waals surface area (Å²) in [4.78, 5) is -0.683. The molecule has 0 unspecified atom stereocenters. The highest BCUT2D eigenvalue weighted by molar-refractivity contribution is 7.90. The molecule has 2 rings (SSSR count). The zero-order valence-corrected chi connectivity index (χ0v) is 12.4. The van der Waals surface area contributed by atoms with E-state index >= 15 is 0 Å². The molecule has 0 amide bonds. The van der Waals surface area contributed by atoms with Gasteiger partial charge in [-0.15, -0.1) is 0 Å². The van der Waals surface area contributed by atoms with Gasteiger partial charge in [-0.1, -0.05) is 0 Å². The maximum absolute atomic E-state index is 13.0. The maximum Gasteiger partial charge on any atom is 0.417 e. The number of anilines is 1. The van der Waals surface area contributed by atoms with Crippen LogP contribution in [0.1, 0.15) is 18.4 Å². The van der Waals surface area contributed by atoms with E-state index in [0.717, 1.165) is 44.3 Å². The summed E-state index contributed by atoms with van der Waals surface area (Å²) < 4.78 is 62.1. The van der Waals surface area contributed by atoms with E-state index in [1.54, 1.807) is 0 Å². The van der Waals surface area contributed by atoms with Crippen LogP contribution in [0.2, 0.25) is 0 Å². The minimum atomic E-state index is -4.70. The van der Waals surface area contributed by atoms with E-state index in [1.165, 1.54) is 6.07 Å². The van der Waals surface area contributed by atoms with Crippen LogP contribution in [0.5, 0.6) is 0 Å². The van der Waals surface area contributed by atoms with Gasteiger partial charge in [0.1, 0.15) is 0 Å². The smallest absolute Gasteiger partial charge is 0.382 e. The lowest BCUT2D eigenvalue weighted by atomic mass is 10.1. The molecular formula is C13H18F3N2O2S+. The van der Waals surface area contributed by atoms with Gasteiger partial charge in [-0.05, 0) is 18.2 Å². The highest BCUT2D eigenvalue weighted by Gasteiger charge is 2.36. The number of benzene rings is 1. The summed E-state index contributed by atoms with van der Waals surface area (Å²) >= 11 is 0. The second kappa shape index (κ2) is 5.84. The molecule has 1 aliphatic heterocycles. The van der Waals surface area contributed by atoms with Crippen molar-refractivity contribution in [1.29, 1.82) is 0 Å². The summed E-state index contributed by atoms with van der Waals surface area (Å²) in [6.45, 7) is 1.87. The lowest BCUT2D eigenvalue weighted by Gasteiger charge is -2.23. The number of nitrogens with two attached hydrogens (primary N) is 1. The molecule has 0 saturated carbocycles. The molecule has 1 aromatic carbocycles. The summed E-state index contributed by atoms with van der Waals surface area (Å²) in [5, 5.41) is 5.22. The first kappa shape index (κ1) is 16.1. The number of piperidine rings is 1. The van der Waals surface area contributed by atoms with Crippen LogP contribution in [0, 0.1) is 0 Å². The van der Waals surface area contributed by atoms with Crippen LogP contribution < -0.4 is 10.6 Å². The van der Waals surface area contributed by atoms with E-state index in [2.05, 4.69) is 10.6 Å². The third-order valence-corrected chi connectivity index (χ3v) is 4.65. The number of hydrogen-bond donors (Lipinski definition) is 2. The van der Waals surface area contributed by atoms with E-state index in [4.69, 9.17) is 0 Å². The zero-order chi connectivity index (χ0) is 15.7. The Morgan fingerprint density at radius 3 is 2.38 bits per heavy atom. The van der Waals surface area contributed by atoms with Crippen LogP contribution in [0.3, 0.4) is 0 Å². The number of nitrogens with one attached hydrogen (secondary N) is 1. The first-order chi connectivity index (χ1) is 9.68. The van der Waals surface area contributed by atoms with Crippen molar-refractivity contribution in [3.05, 3.63) is 23.8 Å². The van der Waals surface area contributed by atoms with E-state index in [-0.39, 0.29) is 6.04 Å². The van der Waals surface area contributed by atoms with Crippen molar-refractivity contribution in [2.75, 3.05) is 24.7 Å². The van der Waals surface area contributed by atoms with Crippen LogP contribution in [0.25, 0.3) is 0 Å². The van der Waals surface area contributed by atoms with Crippen LogP contribution in [0.4, 0.5) is 18.9 Å². The third kappa shape index (κ3) is 4.10. The summed E-state index contributed by atoms with van der Waals surface area (Å²) in [5.74, 6) is 0. The van der Waals surface area contributed by atoms with Gasteiger partial charge in [-0.3, -0.25) is 0 Å². The summed E-state index contributed by atoms with van der Waals surface area (Å²) in [5.41, 5.74) is -0.806. The van der Waals surface area contributed by atoms with Crippen molar-refractivity contribution in [3.8, 4) is 0 Å². The fourth-order valence-corrected chi connectivity index (χ4v) is 3.36. The van der Waals surface area contributed by atoms with Gasteiger partial charge in [0, 0.05) is 30.8 Å². The van der Waals surface area contributed by atoms with E-state index in [1.807, 2.05) is 0 Å². The fraction of sp³-hybridized carbons (Fsp3) is 0.538. The standard InChI is InChI=1S/C13H17F3N2O2S/c1-21(19,20)12-3-2-10(8-11(12)13(14,15)16)18-9-4-6-17-7-5-9/h2-3,8-9,17-18H,4-7H2,1H3/p+1. The molecule has 118 valence electrons. The van der Waals surface area contributed by atoms with Gasteiger partial charge in [0.15, 0.2) is 9.84 Å². The molecule has 1 fully saturated rings.